The van der Waals surface area contributed by atoms with E-state index in [0.29, 0.717) is 11.6 Å². The zero-order chi connectivity index (χ0) is 27.2. The Hall–Kier alpha value is -4.04. The quantitative estimate of drug-likeness (QED) is 0.366. The molecule has 0 fully saturated rings. The van der Waals surface area contributed by atoms with E-state index in [1.54, 1.807) is 36.4 Å². The average molecular weight is 521 g/mol. The van der Waals surface area contributed by atoms with Crippen LogP contribution in [0, 0.1) is 23.0 Å². The molecule has 0 aliphatic rings. The second-order valence-electron chi connectivity index (χ2n) is 8.17. The molecule has 5 nitrogen and oxygen atoms in total. The number of alkyl halides is 4. The van der Waals surface area contributed by atoms with E-state index in [0.717, 1.165) is 24.3 Å². The van der Waals surface area contributed by atoms with Crippen molar-refractivity contribution in [2.45, 2.75) is 37.0 Å². The van der Waals surface area contributed by atoms with E-state index in [2.05, 4.69) is 10.1 Å². The maximum absolute atomic E-state index is 14.7. The van der Waals surface area contributed by atoms with Crippen LogP contribution in [0.15, 0.2) is 72.8 Å². The van der Waals surface area contributed by atoms with Gasteiger partial charge in [0.25, 0.3) is 0 Å². The van der Waals surface area contributed by atoms with Gasteiger partial charge in [0.2, 0.25) is 5.91 Å². The highest BCUT2D eigenvalue weighted by Gasteiger charge is 2.45. The topological polar surface area (TPSA) is 88.1 Å². The number of nitriles is 1. The van der Waals surface area contributed by atoms with Gasteiger partial charge in [0.15, 0.2) is 0 Å². The number of hydrogen-bond acceptors (Lipinski definition) is 4. The number of benzene rings is 3. The predicted molar refractivity (Wildman–Crippen MR) is 122 cm³/mol. The third-order valence-corrected chi connectivity index (χ3v) is 5.51. The number of rotatable bonds is 10. The lowest BCUT2D eigenvalue weighted by Gasteiger charge is -2.37. The lowest BCUT2D eigenvalue weighted by atomic mass is 9.77. The summed E-state index contributed by atoms with van der Waals surface area (Å²) in [5, 5.41) is 11.6. The fourth-order valence-corrected chi connectivity index (χ4v) is 3.76. The first kappa shape index (κ1) is 27.5. The lowest BCUT2D eigenvalue weighted by Crippen LogP contribution is -2.53. The van der Waals surface area contributed by atoms with Gasteiger partial charge in [0.05, 0.1) is 24.1 Å². The first-order valence-corrected chi connectivity index (χ1v) is 10.9. The van der Waals surface area contributed by atoms with Crippen LogP contribution in [0.3, 0.4) is 0 Å². The molecule has 194 valence electrons. The number of halogens is 6. The molecule has 0 saturated carbocycles. The second-order valence-corrected chi connectivity index (χ2v) is 8.17. The van der Waals surface area contributed by atoms with E-state index in [-0.39, 0.29) is 24.0 Å². The Bertz CT molecular complexity index is 1270. The summed E-state index contributed by atoms with van der Waals surface area (Å²) in [5.41, 5.74) is 4.61. The van der Waals surface area contributed by atoms with Crippen molar-refractivity contribution in [3.8, 4) is 11.8 Å². The van der Waals surface area contributed by atoms with Crippen LogP contribution in [0.25, 0.3) is 0 Å². The highest BCUT2D eigenvalue weighted by Crippen LogP contribution is 2.38. The molecule has 0 spiro atoms. The third-order valence-electron chi connectivity index (χ3n) is 5.51. The maximum Gasteiger partial charge on any atom is 0.461 e. The van der Waals surface area contributed by atoms with E-state index in [9.17, 15) is 31.1 Å². The average Bonchev–Trinajstić information content (AvgIpc) is 2.84. The monoisotopic (exact) mass is 521 g/mol. The molecular weight excluding hydrogens is 500 g/mol. The van der Waals surface area contributed by atoms with Crippen molar-refractivity contribution in [1.29, 1.82) is 5.26 Å². The minimum absolute atomic E-state index is 0.126. The molecule has 3 aromatic rings. The highest BCUT2D eigenvalue weighted by atomic mass is 19.3. The van der Waals surface area contributed by atoms with Gasteiger partial charge in [-0.15, -0.1) is 0 Å². The number of amides is 1. The van der Waals surface area contributed by atoms with Crippen LogP contribution in [0.2, 0.25) is 0 Å². The fraction of sp³-hybridized carbons (Fsp3) is 0.231. The van der Waals surface area contributed by atoms with Gasteiger partial charge in [0.1, 0.15) is 17.4 Å². The summed E-state index contributed by atoms with van der Waals surface area (Å²) in [6, 6.07) is 15.8. The Kier molecular flexibility index (Phi) is 8.45. The van der Waals surface area contributed by atoms with Crippen molar-refractivity contribution in [3.63, 3.8) is 0 Å². The Morgan fingerprint density at radius 3 is 2.22 bits per heavy atom. The van der Waals surface area contributed by atoms with Gasteiger partial charge in [-0.3, -0.25) is 4.79 Å². The van der Waals surface area contributed by atoms with Crippen LogP contribution in [0.4, 0.5) is 26.3 Å². The van der Waals surface area contributed by atoms with Crippen molar-refractivity contribution in [1.82, 2.24) is 5.32 Å². The number of nitrogens with two attached hydrogens (primary N) is 1. The third kappa shape index (κ3) is 6.59. The van der Waals surface area contributed by atoms with Gasteiger partial charge < -0.3 is 15.8 Å². The lowest BCUT2D eigenvalue weighted by molar-refractivity contribution is -0.253. The summed E-state index contributed by atoms with van der Waals surface area (Å²) in [7, 11) is 0. The zero-order valence-corrected chi connectivity index (χ0v) is 19.1. The molecule has 0 radical (unpaired) electrons. The molecule has 1 amide bonds. The molecule has 0 bridgehead atoms. The summed E-state index contributed by atoms with van der Waals surface area (Å²) in [6.45, 7) is 0. The van der Waals surface area contributed by atoms with Crippen LogP contribution in [-0.4, -0.2) is 24.5 Å². The minimum Gasteiger partial charge on any atom is -0.428 e. The largest absolute Gasteiger partial charge is 0.461 e. The van der Waals surface area contributed by atoms with Crippen LogP contribution in [0.1, 0.15) is 23.1 Å². The minimum atomic E-state index is -4.93. The maximum atomic E-state index is 14.7. The molecule has 0 heterocycles. The molecule has 3 aromatic carbocycles. The molecule has 2 atom stereocenters. The first-order chi connectivity index (χ1) is 17.5. The smallest absolute Gasteiger partial charge is 0.428 e. The molecule has 37 heavy (non-hydrogen) atoms. The number of nitrogens with zero attached hydrogens (tertiary/aromatic N) is 1. The molecule has 11 heteroatoms. The fourth-order valence-electron chi connectivity index (χ4n) is 3.76. The van der Waals surface area contributed by atoms with E-state index >= 15 is 0 Å². The Morgan fingerprint density at radius 1 is 0.973 bits per heavy atom. The van der Waals surface area contributed by atoms with Crippen molar-refractivity contribution < 1.29 is 35.9 Å². The van der Waals surface area contributed by atoms with Crippen LogP contribution in [-0.2, 0) is 16.8 Å². The van der Waals surface area contributed by atoms with E-state index in [1.807, 2.05) is 0 Å². The molecule has 3 rings (SSSR count). The summed E-state index contributed by atoms with van der Waals surface area (Å²) in [4.78, 5) is 13.0. The number of nitrogens with one attached hydrogen (secondary N) is 1. The van der Waals surface area contributed by atoms with Gasteiger partial charge in [-0.2, -0.15) is 22.8 Å². The summed E-state index contributed by atoms with van der Waals surface area (Å²) in [6.07, 6.45) is -9.64. The van der Waals surface area contributed by atoms with Gasteiger partial charge >= 0.3 is 12.5 Å². The summed E-state index contributed by atoms with van der Waals surface area (Å²) < 4.78 is 85.5. The van der Waals surface area contributed by atoms with Crippen LogP contribution >= 0.6 is 0 Å². The second kappa shape index (κ2) is 11.3. The SMILES string of the molecule is N#CCC(N)C(=O)N[C@](Cc1ccccc1)(c1ccc(F)cc1)c1cc(F)cc(OC(F)(F)C(F)F)c1. The molecule has 1 unspecified atom stereocenters. The number of ether oxygens (including phenoxy) is 1. The van der Waals surface area contributed by atoms with Gasteiger partial charge in [-0.25, -0.2) is 8.78 Å². The van der Waals surface area contributed by atoms with Gasteiger partial charge in [-0.1, -0.05) is 42.5 Å². The molecular formula is C26H21F6N3O2. The van der Waals surface area contributed by atoms with Crippen molar-refractivity contribution in [2.75, 3.05) is 0 Å². The van der Waals surface area contributed by atoms with Crippen molar-refractivity contribution >= 4 is 5.91 Å². The van der Waals surface area contributed by atoms with Gasteiger partial charge in [0, 0.05) is 12.5 Å². The number of hydrogen-bond donors (Lipinski definition) is 2. The predicted octanol–water partition coefficient (Wildman–Crippen LogP) is 5.04. The van der Waals surface area contributed by atoms with Crippen LogP contribution < -0.4 is 15.8 Å². The van der Waals surface area contributed by atoms with Gasteiger partial charge in [-0.05, 0) is 41.0 Å². The standard InChI is InChI=1S/C26H21F6N3O2/c27-19-8-6-17(7-9-19)25(15-16-4-2-1-3-5-16,35-23(36)22(34)10-11-33)18-12-20(28)14-21(13-18)37-26(31,32)24(29)30/h1-9,12-14,22,24H,10,15,34H2,(H,35,36)/t22?,25-/m1/s1. The summed E-state index contributed by atoms with van der Waals surface area (Å²) in [5.74, 6) is -3.56. The van der Waals surface area contributed by atoms with Crippen molar-refractivity contribution in [2.24, 2.45) is 5.73 Å². The Morgan fingerprint density at radius 2 is 1.62 bits per heavy atom. The van der Waals surface area contributed by atoms with E-state index < -0.39 is 47.4 Å². The Labute approximate surface area is 208 Å². The van der Waals surface area contributed by atoms with E-state index in [1.165, 1.54) is 12.1 Å². The zero-order valence-electron chi connectivity index (χ0n) is 19.1. The molecule has 0 aromatic heterocycles. The Balaban J connectivity index is 2.26. The number of carbonyl (C=O) groups is 1. The first-order valence-electron chi connectivity index (χ1n) is 10.9. The highest BCUT2D eigenvalue weighted by molar-refractivity contribution is 5.83. The number of carbonyl (C=O) groups excluding carboxylic acids is 1. The molecule has 3 N–H and O–H groups in total. The van der Waals surface area contributed by atoms with Crippen LogP contribution in [0.5, 0.6) is 5.75 Å². The molecule has 0 aliphatic heterocycles. The molecule has 0 saturated heterocycles. The molecule has 0 aliphatic carbocycles. The van der Waals surface area contributed by atoms with Crippen molar-refractivity contribution in [3.05, 3.63) is 101 Å². The normalized spacial score (nSPS) is 13.9. The van der Waals surface area contributed by atoms with E-state index in [4.69, 9.17) is 11.0 Å². The summed E-state index contributed by atoms with van der Waals surface area (Å²) >= 11 is 0.